The van der Waals surface area contributed by atoms with Crippen LogP contribution in [0.4, 0.5) is 5.69 Å². The smallest absolute Gasteiger partial charge is 0.346 e. The Balaban J connectivity index is 1.61. The fraction of sp³-hybridized carbons (Fsp3) is 0.174. The van der Waals surface area contributed by atoms with E-state index >= 15 is 0 Å². The van der Waals surface area contributed by atoms with E-state index in [0.717, 1.165) is 21.5 Å². The fourth-order valence-electron chi connectivity index (χ4n) is 3.22. The number of carbonyl (C=O) groups is 1. The van der Waals surface area contributed by atoms with Gasteiger partial charge in [-0.1, -0.05) is 30.3 Å². The SMILES string of the molecule is CN(CCCC(=O)O)c1ccc2cc(-c3ncc(-c4ccccc4)s3)c(=O)oc2c1. The van der Waals surface area contributed by atoms with Gasteiger partial charge < -0.3 is 14.4 Å². The van der Waals surface area contributed by atoms with Crippen molar-refractivity contribution in [1.29, 1.82) is 0 Å². The van der Waals surface area contributed by atoms with Crippen LogP contribution in [0.3, 0.4) is 0 Å². The molecule has 0 amide bonds. The lowest BCUT2D eigenvalue weighted by Gasteiger charge is -2.19. The third-order valence-electron chi connectivity index (χ3n) is 4.84. The number of anilines is 1. The molecule has 0 atom stereocenters. The van der Waals surface area contributed by atoms with Crippen molar-refractivity contribution >= 4 is 34.0 Å². The summed E-state index contributed by atoms with van der Waals surface area (Å²) >= 11 is 1.45. The van der Waals surface area contributed by atoms with Gasteiger partial charge in [0.15, 0.2) is 0 Å². The first kappa shape index (κ1) is 19.8. The molecule has 0 saturated heterocycles. The number of aliphatic carboxylic acids is 1. The van der Waals surface area contributed by atoms with Gasteiger partial charge in [-0.25, -0.2) is 9.78 Å². The highest BCUT2D eigenvalue weighted by Gasteiger charge is 2.14. The molecule has 0 bridgehead atoms. The highest BCUT2D eigenvalue weighted by atomic mass is 32.1. The predicted molar refractivity (Wildman–Crippen MR) is 119 cm³/mol. The van der Waals surface area contributed by atoms with Gasteiger partial charge in [0.25, 0.3) is 0 Å². The second kappa shape index (κ2) is 8.51. The first-order valence-corrected chi connectivity index (χ1v) is 10.4. The van der Waals surface area contributed by atoms with E-state index in [9.17, 15) is 9.59 Å². The van der Waals surface area contributed by atoms with Crippen LogP contribution in [0, 0.1) is 0 Å². The largest absolute Gasteiger partial charge is 0.481 e. The number of fused-ring (bicyclic) bond motifs is 1. The molecule has 7 heteroatoms. The number of carboxylic acids is 1. The number of hydrogen-bond acceptors (Lipinski definition) is 6. The first-order valence-electron chi connectivity index (χ1n) is 9.54. The van der Waals surface area contributed by atoms with Crippen molar-refractivity contribution < 1.29 is 14.3 Å². The number of benzene rings is 2. The average Bonchev–Trinajstić information content (AvgIpc) is 3.23. The Labute approximate surface area is 177 Å². The molecule has 2 aromatic carbocycles. The second-order valence-corrected chi connectivity index (χ2v) is 8.01. The lowest BCUT2D eigenvalue weighted by atomic mass is 10.1. The molecule has 0 aliphatic carbocycles. The summed E-state index contributed by atoms with van der Waals surface area (Å²) in [6, 6.07) is 17.4. The molecular weight excluding hydrogens is 400 g/mol. The summed E-state index contributed by atoms with van der Waals surface area (Å²) < 4.78 is 5.59. The minimum atomic E-state index is -0.807. The van der Waals surface area contributed by atoms with Crippen LogP contribution in [0.5, 0.6) is 0 Å². The van der Waals surface area contributed by atoms with Gasteiger partial charge in [0.2, 0.25) is 0 Å². The Hall–Kier alpha value is -3.45. The molecule has 0 radical (unpaired) electrons. The van der Waals surface area contributed by atoms with Gasteiger partial charge in [0.1, 0.15) is 10.6 Å². The zero-order chi connectivity index (χ0) is 21.1. The predicted octanol–water partition coefficient (Wildman–Crippen LogP) is 4.88. The summed E-state index contributed by atoms with van der Waals surface area (Å²) in [5, 5.41) is 10.2. The number of nitrogens with zero attached hydrogens (tertiary/aromatic N) is 2. The van der Waals surface area contributed by atoms with Crippen molar-refractivity contribution in [3.63, 3.8) is 0 Å². The van der Waals surface area contributed by atoms with Crippen molar-refractivity contribution in [1.82, 2.24) is 4.98 Å². The third kappa shape index (κ3) is 4.26. The van der Waals surface area contributed by atoms with Crippen LogP contribution in [0.1, 0.15) is 12.8 Å². The molecule has 6 nitrogen and oxygen atoms in total. The van der Waals surface area contributed by atoms with Gasteiger partial charge in [-0.2, -0.15) is 0 Å². The Morgan fingerprint density at radius 2 is 1.97 bits per heavy atom. The van der Waals surface area contributed by atoms with E-state index < -0.39 is 11.6 Å². The number of thiazole rings is 1. The Morgan fingerprint density at radius 3 is 2.73 bits per heavy atom. The molecule has 152 valence electrons. The molecule has 0 unspecified atom stereocenters. The molecule has 4 aromatic rings. The Kier molecular flexibility index (Phi) is 5.63. The highest BCUT2D eigenvalue weighted by Crippen LogP contribution is 2.32. The van der Waals surface area contributed by atoms with Crippen molar-refractivity contribution in [2.24, 2.45) is 0 Å². The van der Waals surface area contributed by atoms with E-state index in [1.54, 1.807) is 12.3 Å². The van der Waals surface area contributed by atoms with Crippen LogP contribution in [0.2, 0.25) is 0 Å². The maximum atomic E-state index is 12.6. The molecule has 0 aliphatic heterocycles. The van der Waals surface area contributed by atoms with E-state index in [1.165, 1.54) is 11.3 Å². The normalized spacial score (nSPS) is 11.0. The monoisotopic (exact) mass is 420 g/mol. The maximum absolute atomic E-state index is 12.6. The van der Waals surface area contributed by atoms with Crippen molar-refractivity contribution in [2.75, 3.05) is 18.5 Å². The first-order chi connectivity index (χ1) is 14.5. The fourth-order valence-corrected chi connectivity index (χ4v) is 4.14. The molecule has 0 saturated carbocycles. The van der Waals surface area contributed by atoms with E-state index in [-0.39, 0.29) is 6.42 Å². The third-order valence-corrected chi connectivity index (χ3v) is 5.92. The van der Waals surface area contributed by atoms with Crippen LogP contribution in [0.25, 0.3) is 32.0 Å². The van der Waals surface area contributed by atoms with Gasteiger partial charge in [0.05, 0.1) is 10.4 Å². The standard InChI is InChI=1S/C23H20N2O4S/c1-25(11-5-8-21(26)27)17-10-9-16-12-18(23(28)29-19(16)13-17)22-24-14-20(30-22)15-6-3-2-4-7-15/h2-4,6-7,9-10,12-14H,5,8,11H2,1H3,(H,26,27). The zero-order valence-electron chi connectivity index (χ0n) is 16.4. The number of carboxylic acid groups (broad SMARTS) is 1. The number of aromatic nitrogens is 1. The molecule has 2 aromatic heterocycles. The Morgan fingerprint density at radius 1 is 1.17 bits per heavy atom. The van der Waals surface area contributed by atoms with Crippen molar-refractivity contribution in [3.05, 3.63) is 71.2 Å². The molecule has 0 aliphatic rings. The molecular formula is C23H20N2O4S. The van der Waals surface area contributed by atoms with Crippen LogP contribution in [0.15, 0.2) is 70.0 Å². The highest BCUT2D eigenvalue weighted by molar-refractivity contribution is 7.18. The molecule has 30 heavy (non-hydrogen) atoms. The van der Waals surface area contributed by atoms with E-state index in [0.29, 0.717) is 29.1 Å². The summed E-state index contributed by atoms with van der Waals surface area (Å²) in [6.45, 7) is 0.599. The summed E-state index contributed by atoms with van der Waals surface area (Å²) in [6.07, 6.45) is 2.43. The van der Waals surface area contributed by atoms with Crippen molar-refractivity contribution in [2.45, 2.75) is 12.8 Å². The Bertz CT molecular complexity index is 1250. The zero-order valence-corrected chi connectivity index (χ0v) is 17.2. The summed E-state index contributed by atoms with van der Waals surface area (Å²) in [7, 11) is 1.89. The van der Waals surface area contributed by atoms with Gasteiger partial charge in [-0.15, -0.1) is 11.3 Å². The van der Waals surface area contributed by atoms with E-state index in [4.69, 9.17) is 9.52 Å². The number of rotatable bonds is 7. The van der Waals surface area contributed by atoms with Gasteiger partial charge >= 0.3 is 11.6 Å². The second-order valence-electron chi connectivity index (χ2n) is 6.98. The summed E-state index contributed by atoms with van der Waals surface area (Å²) in [4.78, 5) is 30.7. The topological polar surface area (TPSA) is 83.6 Å². The van der Waals surface area contributed by atoms with Crippen LogP contribution >= 0.6 is 11.3 Å². The summed E-state index contributed by atoms with van der Waals surface area (Å²) in [5.74, 6) is -0.807. The number of hydrogen-bond donors (Lipinski definition) is 1. The van der Waals surface area contributed by atoms with Crippen LogP contribution in [-0.4, -0.2) is 29.7 Å². The lowest BCUT2D eigenvalue weighted by molar-refractivity contribution is -0.137. The van der Waals surface area contributed by atoms with Crippen LogP contribution < -0.4 is 10.5 Å². The van der Waals surface area contributed by atoms with E-state index in [1.807, 2.05) is 60.5 Å². The molecule has 1 N–H and O–H groups in total. The minimum Gasteiger partial charge on any atom is -0.481 e. The summed E-state index contributed by atoms with van der Waals surface area (Å²) in [5.41, 5.74) is 2.43. The van der Waals surface area contributed by atoms with Gasteiger partial charge in [-0.05, 0) is 30.2 Å². The minimum absolute atomic E-state index is 0.120. The molecule has 2 heterocycles. The molecule has 0 fully saturated rings. The van der Waals surface area contributed by atoms with E-state index in [2.05, 4.69) is 4.98 Å². The average molecular weight is 420 g/mol. The lowest BCUT2D eigenvalue weighted by Crippen LogP contribution is -2.19. The van der Waals surface area contributed by atoms with Crippen LogP contribution in [-0.2, 0) is 4.79 Å². The van der Waals surface area contributed by atoms with Gasteiger partial charge in [-0.3, -0.25) is 4.79 Å². The maximum Gasteiger partial charge on any atom is 0.346 e. The molecule has 0 spiro atoms. The quantitative estimate of drug-likeness (QED) is 0.429. The van der Waals surface area contributed by atoms with Gasteiger partial charge in [0, 0.05) is 43.4 Å². The van der Waals surface area contributed by atoms with Crippen molar-refractivity contribution in [3.8, 4) is 21.0 Å². The molecule has 4 rings (SSSR count).